The highest BCUT2D eigenvalue weighted by Crippen LogP contribution is 2.35. The van der Waals surface area contributed by atoms with Crippen LogP contribution in [0.5, 0.6) is 0 Å². The van der Waals surface area contributed by atoms with Crippen LogP contribution in [0.1, 0.15) is 34.2 Å². The van der Waals surface area contributed by atoms with E-state index in [0.29, 0.717) is 11.3 Å². The van der Waals surface area contributed by atoms with E-state index >= 15 is 0 Å². The van der Waals surface area contributed by atoms with Gasteiger partial charge in [-0.2, -0.15) is 0 Å². The van der Waals surface area contributed by atoms with Crippen LogP contribution in [-0.4, -0.2) is 39.1 Å². The van der Waals surface area contributed by atoms with Crippen molar-refractivity contribution in [2.45, 2.75) is 6.92 Å². The number of nitrogens with two attached hydrogens (primary N) is 1. The number of hydrogen-bond donors (Lipinski definition) is 3. The number of aromatic nitrogens is 1. The molecule has 0 aliphatic carbocycles. The first kappa shape index (κ1) is 25.3. The van der Waals surface area contributed by atoms with Crippen molar-refractivity contribution >= 4 is 61.9 Å². The predicted octanol–water partition coefficient (Wildman–Crippen LogP) is 4.93. The summed E-state index contributed by atoms with van der Waals surface area (Å²) in [5, 5.41) is 26.0. The molecule has 0 radical (unpaired) electrons. The van der Waals surface area contributed by atoms with Crippen LogP contribution in [0.25, 0.3) is 38.0 Å². The third-order valence-electron chi connectivity index (χ3n) is 7.00. The third kappa shape index (κ3) is 4.61. The molecule has 1 aliphatic heterocycles. The van der Waals surface area contributed by atoms with E-state index in [9.17, 15) is 19.8 Å². The Morgan fingerprint density at radius 1 is 0.927 bits per heavy atom. The summed E-state index contributed by atoms with van der Waals surface area (Å²) in [6.07, 6.45) is 5.97. The molecule has 5 aromatic rings. The molecule has 2 heterocycles. The maximum absolute atomic E-state index is 11.8. The van der Waals surface area contributed by atoms with E-state index in [1.807, 2.05) is 6.07 Å². The van der Waals surface area contributed by atoms with Gasteiger partial charge in [0.15, 0.2) is 5.69 Å². The first-order valence-corrected chi connectivity index (χ1v) is 12.8. The van der Waals surface area contributed by atoms with Gasteiger partial charge in [0, 0.05) is 5.56 Å². The monoisotopic (exact) mass is 536 g/mol. The fourth-order valence-electron chi connectivity index (χ4n) is 5.00. The van der Waals surface area contributed by atoms with Crippen molar-refractivity contribution < 1.29 is 19.8 Å². The van der Waals surface area contributed by atoms with Crippen LogP contribution in [0.2, 0.25) is 0 Å². The number of aliphatic carboxylic acids is 1. The van der Waals surface area contributed by atoms with E-state index in [2.05, 4.69) is 70.0 Å². The molecule has 0 fully saturated rings. The molecule has 196 valence electrons. The number of rotatable bonds is 5. The lowest BCUT2D eigenvalue weighted by Gasteiger charge is -2.11. The van der Waals surface area contributed by atoms with Crippen molar-refractivity contribution in [3.05, 3.63) is 119 Å². The van der Waals surface area contributed by atoms with E-state index in [-0.39, 0.29) is 28.2 Å². The Hall–Kier alpha value is -5.96. The summed E-state index contributed by atoms with van der Waals surface area (Å²) in [5.41, 5.74) is 8.39. The van der Waals surface area contributed by atoms with Crippen LogP contribution in [0.4, 0.5) is 0 Å². The molecule has 1 aliphatic rings. The Balaban J connectivity index is 1.37. The van der Waals surface area contributed by atoms with Gasteiger partial charge in [0.25, 0.3) is 0 Å². The largest absolute Gasteiger partial charge is 0.478 e. The van der Waals surface area contributed by atoms with Gasteiger partial charge in [-0.15, -0.1) is 0 Å². The zero-order valence-corrected chi connectivity index (χ0v) is 21.8. The van der Waals surface area contributed by atoms with Gasteiger partial charge in [0.2, 0.25) is 0 Å². The number of hydrogen-bond acceptors (Lipinski definition) is 4. The van der Waals surface area contributed by atoms with Gasteiger partial charge in [-0.05, 0) is 63.5 Å². The molecule has 0 bridgehead atoms. The molecule has 7 heteroatoms. The van der Waals surface area contributed by atoms with Crippen molar-refractivity contribution in [2.75, 3.05) is 0 Å². The number of benzene rings is 4. The maximum atomic E-state index is 11.8. The average molecular weight is 537 g/mol. The Kier molecular flexibility index (Phi) is 6.16. The van der Waals surface area contributed by atoms with Gasteiger partial charge < -0.3 is 15.9 Å². The van der Waals surface area contributed by atoms with Crippen molar-refractivity contribution in [3.8, 4) is 11.8 Å². The minimum atomic E-state index is -1.17. The summed E-state index contributed by atoms with van der Waals surface area (Å²) in [5.74, 6) is 4.13. The first-order valence-electron chi connectivity index (χ1n) is 12.8. The Labute approximate surface area is 234 Å². The second-order valence-corrected chi connectivity index (χ2v) is 9.54. The molecular weight excluding hydrogens is 514 g/mol. The molecule has 0 unspecified atom stereocenters. The van der Waals surface area contributed by atoms with Crippen molar-refractivity contribution in [3.63, 3.8) is 0 Å². The average Bonchev–Trinajstić information content (AvgIpc) is 3.46. The van der Waals surface area contributed by atoms with Crippen LogP contribution in [0, 0.1) is 11.8 Å². The van der Waals surface area contributed by atoms with Crippen LogP contribution in [0.15, 0.2) is 96.1 Å². The highest BCUT2D eigenvalue weighted by atomic mass is 16.4. The summed E-state index contributed by atoms with van der Waals surface area (Å²) in [4.78, 5) is 27.7. The van der Waals surface area contributed by atoms with E-state index < -0.39 is 11.9 Å². The first-order chi connectivity index (χ1) is 19.8. The lowest BCUT2D eigenvalue weighted by atomic mass is 9.92. The van der Waals surface area contributed by atoms with E-state index in [0.717, 1.165) is 16.3 Å². The number of carbonyl (C=O) groups is 2. The molecule has 41 heavy (non-hydrogen) atoms. The molecule has 4 N–H and O–H groups in total. The quantitative estimate of drug-likeness (QED) is 0.0961. The predicted molar refractivity (Wildman–Crippen MR) is 162 cm³/mol. The van der Waals surface area contributed by atoms with Crippen molar-refractivity contribution in [1.82, 2.24) is 9.65 Å². The number of carboxylic acids is 2. The van der Waals surface area contributed by atoms with Crippen LogP contribution >= 0.6 is 0 Å². The summed E-state index contributed by atoms with van der Waals surface area (Å²) in [7, 11) is 0. The van der Waals surface area contributed by atoms with Gasteiger partial charge in [0.05, 0.1) is 28.6 Å². The van der Waals surface area contributed by atoms with Gasteiger partial charge in [-0.1, -0.05) is 71.1 Å². The number of allylic oxidation sites excluding steroid dienone is 3. The number of pyridine rings is 1. The Bertz CT molecular complexity index is 2150. The lowest BCUT2D eigenvalue weighted by molar-refractivity contribution is -0.132. The van der Waals surface area contributed by atoms with Crippen molar-refractivity contribution in [2.24, 2.45) is 5.73 Å². The van der Waals surface area contributed by atoms with E-state index in [1.165, 1.54) is 45.8 Å². The smallest absolute Gasteiger partial charge is 0.354 e. The maximum Gasteiger partial charge on any atom is 0.354 e. The molecular formula is C34H22N3O4+. The number of carboxylic acid groups (broad SMARTS) is 2. The Morgan fingerprint density at radius 3 is 2.34 bits per heavy atom. The second kappa shape index (κ2) is 9.97. The van der Waals surface area contributed by atoms with Gasteiger partial charge in [-0.25, -0.2) is 14.6 Å². The Morgan fingerprint density at radius 2 is 1.63 bits per heavy atom. The summed E-state index contributed by atoms with van der Waals surface area (Å²) >= 11 is 0. The molecule has 7 nitrogen and oxygen atoms in total. The fourth-order valence-corrected chi connectivity index (χ4v) is 5.00. The minimum Gasteiger partial charge on any atom is -0.478 e. The molecule has 0 spiro atoms. The topological polar surface area (TPSA) is 128 Å². The zero-order valence-electron chi connectivity index (χ0n) is 21.8. The lowest BCUT2D eigenvalue weighted by Crippen LogP contribution is -2.11. The molecule has 0 amide bonds. The summed E-state index contributed by atoms with van der Waals surface area (Å²) in [6.45, 7) is 1.57. The molecule has 6 rings (SSSR count). The zero-order chi connectivity index (χ0) is 28.7. The van der Waals surface area contributed by atoms with Crippen LogP contribution in [0.3, 0.4) is 0 Å². The third-order valence-corrected chi connectivity index (χ3v) is 7.00. The normalized spacial score (nSPS) is 13.4. The molecule has 0 saturated heterocycles. The SMILES string of the molecule is C/C=C(\C=C(/N)c1cc(C(=O)O)cc(C2=[N+]=CC(C#Cc3ccc4ccc5cccc6ccc3c4c56)=C2)n1)C(=O)O. The highest BCUT2D eigenvalue weighted by Gasteiger charge is 2.22. The van der Waals surface area contributed by atoms with E-state index in [1.54, 1.807) is 19.2 Å². The van der Waals surface area contributed by atoms with Gasteiger partial charge in [0.1, 0.15) is 5.57 Å². The standard InChI is InChI=1S/C34H21N3O4/c1-2-20(33(38)39)15-27(35)28-16-25(34(40)41)17-30(37-28)29-14-19(18-36-29)6-7-21-8-9-24-11-10-22-4-3-5-23-12-13-26(21)32(24)31(22)23/h2-5,8-18H,35H2,1H3,(H-,38,39,40,41)/p+1/b20-2+,27-15-. The second-order valence-electron chi connectivity index (χ2n) is 9.54. The highest BCUT2D eigenvalue weighted by molar-refractivity contribution is 6.24. The molecule has 1 aromatic heterocycles. The molecule has 0 atom stereocenters. The minimum absolute atomic E-state index is 0.0189. The number of nitrogens with zero attached hydrogens (tertiary/aromatic N) is 2. The molecule has 4 aromatic carbocycles. The summed E-state index contributed by atoms with van der Waals surface area (Å²) < 4.78 is 4.41. The van der Waals surface area contributed by atoms with Gasteiger partial charge in [-0.3, -0.25) is 0 Å². The van der Waals surface area contributed by atoms with Crippen LogP contribution in [-0.2, 0) is 4.79 Å². The van der Waals surface area contributed by atoms with Crippen molar-refractivity contribution in [1.29, 1.82) is 0 Å². The number of aromatic carboxylic acids is 1. The summed E-state index contributed by atoms with van der Waals surface area (Å²) in [6, 6.07) is 21.6. The molecule has 0 saturated carbocycles. The van der Waals surface area contributed by atoms with Gasteiger partial charge >= 0.3 is 23.9 Å². The van der Waals surface area contributed by atoms with Crippen LogP contribution < -0.4 is 10.4 Å². The van der Waals surface area contributed by atoms with E-state index in [4.69, 9.17) is 5.73 Å². The fraction of sp³-hybridized carbons (Fsp3) is 0.0294.